The molecule has 0 bridgehead atoms. The highest BCUT2D eigenvalue weighted by Gasteiger charge is 2.12. The molecular weight excluding hydrogens is 306 g/mol. The molecule has 1 heterocycles. The first-order chi connectivity index (χ1) is 9.24. The van der Waals surface area contributed by atoms with Crippen LogP contribution in [0.5, 0.6) is 5.75 Å². The first kappa shape index (κ1) is 12.2. The fourth-order valence-electron chi connectivity index (χ4n) is 1.91. The zero-order valence-corrected chi connectivity index (χ0v) is 12.0. The zero-order valence-electron chi connectivity index (χ0n) is 10.4. The minimum absolute atomic E-state index is 0.517. The Labute approximate surface area is 119 Å². The molecule has 0 aliphatic carbocycles. The van der Waals surface area contributed by atoms with E-state index < -0.39 is 0 Å². The van der Waals surface area contributed by atoms with Crippen molar-refractivity contribution >= 4 is 27.0 Å². The Balaban J connectivity index is 1.91. The van der Waals surface area contributed by atoms with E-state index in [0.29, 0.717) is 12.5 Å². The lowest BCUT2D eigenvalue weighted by Gasteiger charge is -2.06. The van der Waals surface area contributed by atoms with Crippen molar-refractivity contribution < 1.29 is 9.15 Å². The number of rotatable bonds is 3. The summed E-state index contributed by atoms with van der Waals surface area (Å²) in [5.74, 6) is 1.37. The molecule has 0 aliphatic rings. The number of aromatic nitrogens is 1. The van der Waals surface area contributed by atoms with Crippen LogP contribution < -0.4 is 4.74 Å². The maximum atomic E-state index is 5.83. The molecule has 96 valence electrons. The third-order valence-corrected chi connectivity index (χ3v) is 3.43. The molecule has 3 rings (SSSR count). The van der Waals surface area contributed by atoms with Crippen LogP contribution in [0.4, 0.5) is 0 Å². The molecule has 0 saturated carbocycles. The standard InChI is InChI=1S/C15H12BrNO2/c1-10-17-14-13(8-7-12(16)15(14)19-10)18-9-11-5-3-2-4-6-11/h2-8H,9H2,1H3. The average molecular weight is 318 g/mol. The molecule has 0 amide bonds. The van der Waals surface area contributed by atoms with E-state index in [2.05, 4.69) is 20.9 Å². The number of fused-ring (bicyclic) bond motifs is 1. The van der Waals surface area contributed by atoms with E-state index in [9.17, 15) is 0 Å². The van der Waals surface area contributed by atoms with Crippen LogP contribution in [0.2, 0.25) is 0 Å². The summed E-state index contributed by atoms with van der Waals surface area (Å²) < 4.78 is 12.3. The van der Waals surface area contributed by atoms with Crippen LogP contribution in [0.15, 0.2) is 51.4 Å². The van der Waals surface area contributed by atoms with Crippen molar-refractivity contribution in [3.63, 3.8) is 0 Å². The SMILES string of the molecule is Cc1nc2c(OCc3ccccc3)ccc(Br)c2o1. The molecule has 19 heavy (non-hydrogen) atoms. The van der Waals surface area contributed by atoms with Crippen LogP contribution in [0.3, 0.4) is 0 Å². The molecule has 3 aromatic rings. The lowest BCUT2D eigenvalue weighted by atomic mass is 10.2. The van der Waals surface area contributed by atoms with Crippen molar-refractivity contribution in [1.82, 2.24) is 4.98 Å². The molecule has 0 spiro atoms. The Bertz CT molecular complexity index is 707. The monoisotopic (exact) mass is 317 g/mol. The fraction of sp³-hybridized carbons (Fsp3) is 0.133. The van der Waals surface area contributed by atoms with Crippen molar-refractivity contribution in [3.8, 4) is 5.75 Å². The summed E-state index contributed by atoms with van der Waals surface area (Å²) in [5.41, 5.74) is 2.60. The molecule has 3 nitrogen and oxygen atoms in total. The van der Waals surface area contributed by atoms with Crippen LogP contribution in [-0.4, -0.2) is 4.98 Å². The predicted molar refractivity (Wildman–Crippen MR) is 77.2 cm³/mol. The summed E-state index contributed by atoms with van der Waals surface area (Å²) in [7, 11) is 0. The van der Waals surface area contributed by atoms with E-state index in [0.717, 1.165) is 26.9 Å². The van der Waals surface area contributed by atoms with E-state index in [1.807, 2.05) is 49.4 Å². The number of hydrogen-bond acceptors (Lipinski definition) is 3. The first-order valence-corrected chi connectivity index (χ1v) is 6.76. The van der Waals surface area contributed by atoms with Gasteiger partial charge >= 0.3 is 0 Å². The highest BCUT2D eigenvalue weighted by Crippen LogP contribution is 2.32. The maximum Gasteiger partial charge on any atom is 0.192 e. The Kier molecular flexibility index (Phi) is 3.25. The van der Waals surface area contributed by atoms with Crippen molar-refractivity contribution in [2.75, 3.05) is 0 Å². The van der Waals surface area contributed by atoms with E-state index in [-0.39, 0.29) is 0 Å². The lowest BCUT2D eigenvalue weighted by molar-refractivity contribution is 0.309. The van der Waals surface area contributed by atoms with Gasteiger partial charge in [0.05, 0.1) is 4.47 Å². The quantitative estimate of drug-likeness (QED) is 0.714. The molecular formula is C15H12BrNO2. The van der Waals surface area contributed by atoms with Gasteiger partial charge in [0.25, 0.3) is 0 Å². The number of halogens is 1. The lowest BCUT2D eigenvalue weighted by Crippen LogP contribution is -1.95. The van der Waals surface area contributed by atoms with Crippen LogP contribution in [0.1, 0.15) is 11.5 Å². The third-order valence-electron chi connectivity index (χ3n) is 2.80. The van der Waals surface area contributed by atoms with Gasteiger partial charge in [0.15, 0.2) is 17.0 Å². The zero-order chi connectivity index (χ0) is 13.2. The fourth-order valence-corrected chi connectivity index (χ4v) is 2.31. The number of nitrogens with zero attached hydrogens (tertiary/aromatic N) is 1. The number of aryl methyl sites for hydroxylation is 1. The van der Waals surface area contributed by atoms with Gasteiger partial charge in [-0.05, 0) is 33.6 Å². The normalized spacial score (nSPS) is 10.8. The minimum atomic E-state index is 0.517. The van der Waals surface area contributed by atoms with Crippen LogP contribution in [0, 0.1) is 6.92 Å². The third kappa shape index (κ3) is 2.49. The average Bonchev–Trinajstić information content (AvgIpc) is 2.82. The number of hydrogen-bond donors (Lipinski definition) is 0. The molecule has 0 radical (unpaired) electrons. The van der Waals surface area contributed by atoms with Gasteiger partial charge in [0.2, 0.25) is 0 Å². The number of oxazole rings is 1. The molecule has 0 N–H and O–H groups in total. The first-order valence-electron chi connectivity index (χ1n) is 5.96. The second kappa shape index (κ2) is 5.05. The van der Waals surface area contributed by atoms with Crippen molar-refractivity contribution in [1.29, 1.82) is 0 Å². The Morgan fingerprint density at radius 1 is 1.16 bits per heavy atom. The molecule has 0 aliphatic heterocycles. The molecule has 2 aromatic carbocycles. The van der Waals surface area contributed by atoms with Gasteiger partial charge < -0.3 is 9.15 Å². The van der Waals surface area contributed by atoms with Crippen molar-refractivity contribution in [2.45, 2.75) is 13.5 Å². The van der Waals surface area contributed by atoms with E-state index in [4.69, 9.17) is 9.15 Å². The van der Waals surface area contributed by atoms with Crippen LogP contribution in [0.25, 0.3) is 11.1 Å². The van der Waals surface area contributed by atoms with Gasteiger partial charge in [0.1, 0.15) is 12.4 Å². The Hall–Kier alpha value is -1.81. The molecule has 4 heteroatoms. The van der Waals surface area contributed by atoms with Crippen LogP contribution >= 0.6 is 15.9 Å². The highest BCUT2D eigenvalue weighted by molar-refractivity contribution is 9.10. The Morgan fingerprint density at radius 2 is 1.95 bits per heavy atom. The van der Waals surface area contributed by atoms with E-state index in [1.165, 1.54) is 0 Å². The summed E-state index contributed by atoms with van der Waals surface area (Å²) in [5, 5.41) is 0. The van der Waals surface area contributed by atoms with Gasteiger partial charge in [-0.3, -0.25) is 0 Å². The number of ether oxygens (including phenoxy) is 1. The smallest absolute Gasteiger partial charge is 0.192 e. The largest absolute Gasteiger partial charge is 0.486 e. The second-order valence-electron chi connectivity index (χ2n) is 4.23. The van der Waals surface area contributed by atoms with Gasteiger partial charge in [0, 0.05) is 6.92 Å². The summed E-state index contributed by atoms with van der Waals surface area (Å²) in [4.78, 5) is 4.36. The van der Waals surface area contributed by atoms with Gasteiger partial charge in [-0.2, -0.15) is 0 Å². The summed E-state index contributed by atoms with van der Waals surface area (Å²) in [6.45, 7) is 2.34. The predicted octanol–water partition coefficient (Wildman–Crippen LogP) is 4.48. The summed E-state index contributed by atoms with van der Waals surface area (Å²) >= 11 is 3.45. The van der Waals surface area contributed by atoms with Crippen molar-refractivity contribution in [2.24, 2.45) is 0 Å². The minimum Gasteiger partial charge on any atom is -0.486 e. The highest BCUT2D eigenvalue weighted by atomic mass is 79.9. The van der Waals surface area contributed by atoms with Crippen molar-refractivity contribution in [3.05, 3.63) is 58.4 Å². The molecule has 0 unspecified atom stereocenters. The van der Waals surface area contributed by atoms with Gasteiger partial charge in [-0.25, -0.2) is 4.98 Å². The molecule has 0 fully saturated rings. The number of benzene rings is 2. The second-order valence-corrected chi connectivity index (χ2v) is 5.08. The summed E-state index contributed by atoms with van der Waals surface area (Å²) in [6.07, 6.45) is 0. The van der Waals surface area contributed by atoms with E-state index in [1.54, 1.807) is 0 Å². The van der Waals surface area contributed by atoms with Gasteiger partial charge in [-0.1, -0.05) is 30.3 Å². The molecule has 1 aromatic heterocycles. The van der Waals surface area contributed by atoms with Crippen LogP contribution in [-0.2, 0) is 6.61 Å². The van der Waals surface area contributed by atoms with Gasteiger partial charge in [-0.15, -0.1) is 0 Å². The Morgan fingerprint density at radius 3 is 2.74 bits per heavy atom. The molecule has 0 atom stereocenters. The van der Waals surface area contributed by atoms with E-state index >= 15 is 0 Å². The maximum absolute atomic E-state index is 5.83. The summed E-state index contributed by atoms with van der Waals surface area (Å²) in [6, 6.07) is 13.9. The topological polar surface area (TPSA) is 35.3 Å². The molecule has 0 saturated heterocycles.